The summed E-state index contributed by atoms with van der Waals surface area (Å²) in [7, 11) is 4.12. The average Bonchev–Trinajstić information content (AvgIpc) is 3.10. The fourth-order valence-corrected chi connectivity index (χ4v) is 3.57. The Bertz CT molecular complexity index is 1070. The maximum atomic E-state index is 6.03. The second kappa shape index (κ2) is 7.10. The van der Waals surface area contributed by atoms with E-state index >= 15 is 0 Å². The van der Waals surface area contributed by atoms with Crippen molar-refractivity contribution in [2.45, 2.75) is 19.4 Å². The molecule has 5 nitrogen and oxygen atoms in total. The average molecular weight is 360 g/mol. The predicted molar refractivity (Wildman–Crippen MR) is 110 cm³/mol. The molecule has 0 saturated heterocycles. The zero-order valence-electron chi connectivity index (χ0n) is 15.9. The van der Waals surface area contributed by atoms with Crippen molar-refractivity contribution in [2.75, 3.05) is 20.6 Å². The van der Waals surface area contributed by atoms with Gasteiger partial charge in [-0.05, 0) is 51.7 Å². The van der Waals surface area contributed by atoms with Gasteiger partial charge in [-0.1, -0.05) is 36.4 Å². The molecule has 0 aliphatic rings. The molecule has 138 valence electrons. The predicted octanol–water partition coefficient (Wildman–Crippen LogP) is 4.30. The van der Waals surface area contributed by atoms with E-state index in [2.05, 4.69) is 44.1 Å². The molecule has 4 aromatic rings. The molecule has 2 heterocycles. The van der Waals surface area contributed by atoms with Gasteiger partial charge in [-0.15, -0.1) is 0 Å². The number of hydrogen-bond donors (Lipinski definition) is 1. The summed E-state index contributed by atoms with van der Waals surface area (Å²) in [5.41, 5.74) is 9.81. The molecule has 2 N–H and O–H groups in total. The van der Waals surface area contributed by atoms with Crippen molar-refractivity contribution in [3.8, 4) is 11.6 Å². The van der Waals surface area contributed by atoms with Crippen LogP contribution in [0.1, 0.15) is 23.7 Å². The van der Waals surface area contributed by atoms with E-state index in [1.807, 2.05) is 30.3 Å². The summed E-state index contributed by atoms with van der Waals surface area (Å²) in [6.07, 6.45) is 0.826. The highest BCUT2D eigenvalue weighted by atomic mass is 16.3. The Hall–Kier alpha value is -2.76. The summed E-state index contributed by atoms with van der Waals surface area (Å²) in [6.45, 7) is 2.68. The number of nitrogens with zero attached hydrogens (tertiary/aromatic N) is 3. The largest absolute Gasteiger partial charge is 0.453 e. The maximum Gasteiger partial charge on any atom is 0.196 e. The standard InChI is InChI=1S/C22H24N4O/c1-14-7-6-9-16-20(14)24-22(25-21(16)17(11-12-23)26(2)3)19-13-15-8-4-5-10-18(15)27-19/h4-10,13,17H,11-12,23H2,1-3H3. The molecule has 1 atom stereocenters. The quantitative estimate of drug-likeness (QED) is 0.574. The van der Waals surface area contributed by atoms with Crippen molar-refractivity contribution >= 4 is 21.9 Å². The SMILES string of the molecule is Cc1cccc2c(C(CCN)N(C)C)nc(-c3cc4ccccc4o3)nc12. The van der Waals surface area contributed by atoms with Gasteiger partial charge in [0.2, 0.25) is 0 Å². The number of nitrogens with two attached hydrogens (primary N) is 1. The summed E-state index contributed by atoms with van der Waals surface area (Å²) in [5, 5.41) is 2.12. The van der Waals surface area contributed by atoms with Crippen LogP contribution in [0.2, 0.25) is 0 Å². The van der Waals surface area contributed by atoms with Crippen LogP contribution in [0.5, 0.6) is 0 Å². The van der Waals surface area contributed by atoms with E-state index in [0.717, 1.165) is 39.6 Å². The molecule has 0 saturated carbocycles. The van der Waals surface area contributed by atoms with Gasteiger partial charge in [0.05, 0.1) is 17.3 Å². The van der Waals surface area contributed by atoms with Gasteiger partial charge < -0.3 is 15.1 Å². The van der Waals surface area contributed by atoms with Crippen LogP contribution in [0.4, 0.5) is 0 Å². The van der Waals surface area contributed by atoms with Gasteiger partial charge in [0.25, 0.3) is 0 Å². The molecule has 0 bridgehead atoms. The number of furan rings is 1. The second-order valence-corrected chi connectivity index (χ2v) is 7.11. The minimum absolute atomic E-state index is 0.116. The molecule has 27 heavy (non-hydrogen) atoms. The van der Waals surface area contributed by atoms with E-state index < -0.39 is 0 Å². The third-order valence-corrected chi connectivity index (χ3v) is 4.98. The highest BCUT2D eigenvalue weighted by molar-refractivity contribution is 5.87. The lowest BCUT2D eigenvalue weighted by atomic mass is 10.0. The Morgan fingerprint density at radius 1 is 1.07 bits per heavy atom. The fourth-order valence-electron chi connectivity index (χ4n) is 3.57. The molecule has 0 radical (unpaired) electrons. The first-order valence-electron chi connectivity index (χ1n) is 9.21. The fraction of sp³-hybridized carbons (Fsp3) is 0.273. The van der Waals surface area contributed by atoms with Crippen molar-refractivity contribution in [2.24, 2.45) is 5.73 Å². The Kier molecular flexibility index (Phi) is 4.64. The Balaban J connectivity index is 1.97. The minimum atomic E-state index is 0.116. The van der Waals surface area contributed by atoms with E-state index in [-0.39, 0.29) is 6.04 Å². The summed E-state index contributed by atoms with van der Waals surface area (Å²) in [4.78, 5) is 12.0. The van der Waals surface area contributed by atoms with E-state index in [9.17, 15) is 0 Å². The number of aromatic nitrogens is 2. The Labute approximate surface area is 158 Å². The number of hydrogen-bond acceptors (Lipinski definition) is 5. The molecule has 2 aromatic heterocycles. The van der Waals surface area contributed by atoms with Gasteiger partial charge in [0.1, 0.15) is 5.58 Å². The van der Waals surface area contributed by atoms with Crippen molar-refractivity contribution in [1.29, 1.82) is 0 Å². The van der Waals surface area contributed by atoms with Crippen molar-refractivity contribution < 1.29 is 4.42 Å². The summed E-state index contributed by atoms with van der Waals surface area (Å²) >= 11 is 0. The number of benzene rings is 2. The molecular formula is C22H24N4O. The zero-order chi connectivity index (χ0) is 19.0. The molecule has 1 unspecified atom stereocenters. The monoisotopic (exact) mass is 360 g/mol. The van der Waals surface area contributed by atoms with Crippen LogP contribution in [-0.2, 0) is 0 Å². The van der Waals surface area contributed by atoms with Crippen LogP contribution in [0.15, 0.2) is 52.9 Å². The zero-order valence-corrected chi connectivity index (χ0v) is 15.9. The van der Waals surface area contributed by atoms with Crippen LogP contribution in [-0.4, -0.2) is 35.5 Å². The smallest absolute Gasteiger partial charge is 0.196 e. The van der Waals surface area contributed by atoms with Gasteiger partial charge in [-0.2, -0.15) is 0 Å². The molecule has 0 fully saturated rings. The van der Waals surface area contributed by atoms with Gasteiger partial charge >= 0.3 is 0 Å². The molecule has 2 aromatic carbocycles. The van der Waals surface area contributed by atoms with Gasteiger partial charge in [0, 0.05) is 10.8 Å². The third-order valence-electron chi connectivity index (χ3n) is 4.98. The number of para-hydroxylation sites is 2. The first kappa shape index (κ1) is 17.6. The Morgan fingerprint density at radius 2 is 1.89 bits per heavy atom. The first-order valence-corrected chi connectivity index (χ1v) is 9.21. The molecule has 5 heteroatoms. The number of fused-ring (bicyclic) bond motifs is 2. The minimum Gasteiger partial charge on any atom is -0.453 e. The molecule has 0 aliphatic carbocycles. The molecule has 0 amide bonds. The van der Waals surface area contributed by atoms with Crippen molar-refractivity contribution in [1.82, 2.24) is 14.9 Å². The third kappa shape index (κ3) is 3.20. The lowest BCUT2D eigenvalue weighted by Crippen LogP contribution is -2.24. The van der Waals surface area contributed by atoms with Crippen molar-refractivity contribution in [3.05, 3.63) is 59.8 Å². The summed E-state index contributed by atoms with van der Waals surface area (Å²) in [6, 6.07) is 16.3. The highest BCUT2D eigenvalue weighted by Gasteiger charge is 2.21. The topological polar surface area (TPSA) is 68.2 Å². The second-order valence-electron chi connectivity index (χ2n) is 7.11. The molecule has 0 spiro atoms. The van der Waals surface area contributed by atoms with Crippen LogP contribution in [0, 0.1) is 6.92 Å². The summed E-state index contributed by atoms with van der Waals surface area (Å²) < 4.78 is 6.03. The number of aryl methyl sites for hydroxylation is 1. The summed E-state index contributed by atoms with van der Waals surface area (Å²) in [5.74, 6) is 1.31. The normalized spacial score (nSPS) is 12.9. The Morgan fingerprint density at radius 3 is 2.63 bits per heavy atom. The van der Waals surface area contributed by atoms with Crippen molar-refractivity contribution in [3.63, 3.8) is 0 Å². The molecule has 0 aliphatic heterocycles. The van der Waals surface area contributed by atoms with E-state index in [4.69, 9.17) is 20.1 Å². The highest BCUT2D eigenvalue weighted by Crippen LogP contribution is 2.32. The maximum absolute atomic E-state index is 6.03. The first-order chi connectivity index (χ1) is 13.1. The van der Waals surface area contributed by atoms with Gasteiger partial charge in [0.15, 0.2) is 11.6 Å². The van der Waals surface area contributed by atoms with Gasteiger partial charge in [-0.25, -0.2) is 9.97 Å². The van der Waals surface area contributed by atoms with Crippen LogP contribution < -0.4 is 5.73 Å². The van der Waals surface area contributed by atoms with Crippen LogP contribution >= 0.6 is 0 Å². The lowest BCUT2D eigenvalue weighted by molar-refractivity contribution is 0.283. The molecular weight excluding hydrogens is 336 g/mol. The van der Waals surface area contributed by atoms with Gasteiger partial charge in [-0.3, -0.25) is 0 Å². The van der Waals surface area contributed by atoms with Crippen LogP contribution in [0.3, 0.4) is 0 Å². The molecule has 4 rings (SSSR count). The van der Waals surface area contributed by atoms with Crippen LogP contribution in [0.25, 0.3) is 33.5 Å². The van der Waals surface area contributed by atoms with E-state index in [0.29, 0.717) is 18.1 Å². The van der Waals surface area contributed by atoms with E-state index in [1.54, 1.807) is 0 Å². The lowest BCUT2D eigenvalue weighted by Gasteiger charge is -2.25. The van der Waals surface area contributed by atoms with E-state index in [1.165, 1.54) is 0 Å². The number of rotatable bonds is 5.